The molecular formula is C28H30O3. The second-order valence-electron chi connectivity index (χ2n) is 7.95. The van der Waals surface area contributed by atoms with Gasteiger partial charge < -0.3 is 14.2 Å². The first kappa shape index (κ1) is 21.5. The van der Waals surface area contributed by atoms with Crippen molar-refractivity contribution in [3.63, 3.8) is 0 Å². The lowest BCUT2D eigenvalue weighted by molar-refractivity contribution is -0.109. The van der Waals surface area contributed by atoms with Crippen LogP contribution in [0.1, 0.15) is 23.1 Å². The fourth-order valence-electron chi connectivity index (χ4n) is 3.88. The zero-order chi connectivity index (χ0) is 21.1. The van der Waals surface area contributed by atoms with Crippen LogP contribution in [0.15, 0.2) is 103 Å². The summed E-state index contributed by atoms with van der Waals surface area (Å²) < 4.78 is 18.8. The molecule has 0 spiro atoms. The van der Waals surface area contributed by atoms with Crippen LogP contribution in [0.25, 0.3) is 0 Å². The van der Waals surface area contributed by atoms with Crippen LogP contribution in [0.2, 0.25) is 0 Å². The fourth-order valence-corrected chi connectivity index (χ4v) is 3.88. The number of rotatable bonds is 10. The van der Waals surface area contributed by atoms with Crippen LogP contribution in [-0.4, -0.2) is 18.8 Å². The molecule has 1 aliphatic carbocycles. The number of hydrogen-bond donors (Lipinski definition) is 0. The lowest BCUT2D eigenvalue weighted by Gasteiger charge is -2.34. The first-order chi connectivity index (χ1) is 15.4. The molecule has 0 aromatic heterocycles. The van der Waals surface area contributed by atoms with Crippen molar-refractivity contribution >= 4 is 0 Å². The quantitative estimate of drug-likeness (QED) is 0.384. The second kappa shape index (κ2) is 11.6. The highest BCUT2D eigenvalue weighted by molar-refractivity contribution is 5.16. The highest BCUT2D eigenvalue weighted by Gasteiger charge is 2.32. The summed E-state index contributed by atoms with van der Waals surface area (Å²) in [5.41, 5.74) is 3.52. The monoisotopic (exact) mass is 414 g/mol. The van der Waals surface area contributed by atoms with Gasteiger partial charge in [-0.1, -0.05) is 103 Å². The molecule has 1 aliphatic rings. The molecule has 3 atom stereocenters. The SMILES string of the molecule is C1=C[C@@H](OCc2ccccc2)[C@H](OCc2ccccc2)[C@@H](COCc2ccccc2)C1. The lowest BCUT2D eigenvalue weighted by Crippen LogP contribution is -2.41. The average molecular weight is 415 g/mol. The highest BCUT2D eigenvalue weighted by atomic mass is 16.5. The summed E-state index contributed by atoms with van der Waals surface area (Å²) in [5, 5.41) is 0. The van der Waals surface area contributed by atoms with Gasteiger partial charge in [0.15, 0.2) is 0 Å². The number of allylic oxidation sites excluding steroid dienone is 1. The normalized spacial score (nSPS) is 20.6. The van der Waals surface area contributed by atoms with Gasteiger partial charge in [0, 0.05) is 5.92 Å². The van der Waals surface area contributed by atoms with Gasteiger partial charge in [0.25, 0.3) is 0 Å². The Hall–Kier alpha value is -2.72. The maximum absolute atomic E-state index is 6.43. The van der Waals surface area contributed by atoms with E-state index in [9.17, 15) is 0 Å². The van der Waals surface area contributed by atoms with Gasteiger partial charge in [-0.25, -0.2) is 0 Å². The molecule has 3 aromatic rings. The highest BCUT2D eigenvalue weighted by Crippen LogP contribution is 2.27. The zero-order valence-corrected chi connectivity index (χ0v) is 17.8. The number of benzene rings is 3. The summed E-state index contributed by atoms with van der Waals surface area (Å²) in [5.74, 6) is 0.248. The summed E-state index contributed by atoms with van der Waals surface area (Å²) >= 11 is 0. The predicted octanol–water partition coefficient (Wildman–Crippen LogP) is 5.95. The molecule has 0 saturated heterocycles. The van der Waals surface area contributed by atoms with E-state index in [0.29, 0.717) is 26.4 Å². The van der Waals surface area contributed by atoms with Crippen molar-refractivity contribution in [3.8, 4) is 0 Å². The third kappa shape index (κ3) is 6.63. The summed E-state index contributed by atoms with van der Waals surface area (Å²) in [6, 6.07) is 30.9. The Labute approximate surface area is 185 Å². The van der Waals surface area contributed by atoms with Crippen LogP contribution in [-0.2, 0) is 34.0 Å². The summed E-state index contributed by atoms with van der Waals surface area (Å²) in [6.45, 7) is 2.39. The van der Waals surface area contributed by atoms with E-state index in [0.717, 1.165) is 6.42 Å². The third-order valence-electron chi connectivity index (χ3n) is 5.57. The van der Waals surface area contributed by atoms with Gasteiger partial charge in [-0.3, -0.25) is 0 Å². The van der Waals surface area contributed by atoms with Crippen molar-refractivity contribution < 1.29 is 14.2 Å². The molecule has 0 unspecified atom stereocenters. The lowest BCUT2D eigenvalue weighted by atomic mass is 9.89. The Morgan fingerprint density at radius 3 is 1.71 bits per heavy atom. The van der Waals surface area contributed by atoms with E-state index in [-0.39, 0.29) is 18.1 Å². The van der Waals surface area contributed by atoms with Crippen molar-refractivity contribution in [2.24, 2.45) is 5.92 Å². The Morgan fingerprint density at radius 1 is 0.613 bits per heavy atom. The minimum Gasteiger partial charge on any atom is -0.376 e. The molecule has 0 radical (unpaired) electrons. The van der Waals surface area contributed by atoms with Gasteiger partial charge in [-0.15, -0.1) is 0 Å². The largest absolute Gasteiger partial charge is 0.376 e. The molecule has 3 nitrogen and oxygen atoms in total. The Balaban J connectivity index is 1.39. The maximum Gasteiger partial charge on any atom is 0.103 e. The summed E-state index contributed by atoms with van der Waals surface area (Å²) in [7, 11) is 0. The van der Waals surface area contributed by atoms with E-state index in [1.165, 1.54) is 16.7 Å². The van der Waals surface area contributed by atoms with Gasteiger partial charge in [0.1, 0.15) is 6.10 Å². The second-order valence-corrected chi connectivity index (χ2v) is 7.95. The molecule has 160 valence electrons. The fraction of sp³-hybridized carbons (Fsp3) is 0.286. The molecule has 3 heteroatoms. The minimum atomic E-state index is -0.0945. The van der Waals surface area contributed by atoms with E-state index < -0.39 is 0 Å². The number of ether oxygens (including phenoxy) is 3. The Morgan fingerprint density at radius 2 is 1.13 bits per heavy atom. The molecular weight excluding hydrogens is 384 g/mol. The van der Waals surface area contributed by atoms with Gasteiger partial charge in [0.2, 0.25) is 0 Å². The molecule has 0 fully saturated rings. The van der Waals surface area contributed by atoms with Crippen LogP contribution < -0.4 is 0 Å². The van der Waals surface area contributed by atoms with Crippen molar-refractivity contribution in [1.82, 2.24) is 0 Å². The van der Waals surface area contributed by atoms with Gasteiger partial charge >= 0.3 is 0 Å². The van der Waals surface area contributed by atoms with Gasteiger partial charge in [0.05, 0.1) is 32.5 Å². The summed E-state index contributed by atoms with van der Waals surface area (Å²) in [4.78, 5) is 0. The molecule has 0 N–H and O–H groups in total. The number of hydrogen-bond acceptors (Lipinski definition) is 3. The first-order valence-electron chi connectivity index (χ1n) is 11.0. The van der Waals surface area contributed by atoms with Crippen LogP contribution in [0.4, 0.5) is 0 Å². The van der Waals surface area contributed by atoms with Crippen LogP contribution in [0.3, 0.4) is 0 Å². The van der Waals surface area contributed by atoms with Crippen molar-refractivity contribution in [2.75, 3.05) is 6.61 Å². The smallest absolute Gasteiger partial charge is 0.103 e. The van der Waals surface area contributed by atoms with Crippen molar-refractivity contribution in [3.05, 3.63) is 120 Å². The molecule has 0 aliphatic heterocycles. The Kier molecular flexibility index (Phi) is 8.06. The minimum absolute atomic E-state index is 0.0512. The standard InChI is InChI=1S/C28H30O3/c1-4-11-23(12-5-1)19-29-22-26-17-10-18-27(30-20-24-13-6-2-7-14-24)28(26)31-21-25-15-8-3-9-16-25/h1-16,18,26-28H,17,19-22H2/t26-,27-,28-/m1/s1. The van der Waals surface area contributed by atoms with Gasteiger partial charge in [-0.2, -0.15) is 0 Å². The average Bonchev–Trinajstić information content (AvgIpc) is 2.84. The van der Waals surface area contributed by atoms with E-state index in [4.69, 9.17) is 14.2 Å². The third-order valence-corrected chi connectivity index (χ3v) is 5.57. The van der Waals surface area contributed by atoms with Crippen LogP contribution in [0.5, 0.6) is 0 Å². The molecule has 0 saturated carbocycles. The summed E-state index contributed by atoms with van der Waals surface area (Å²) in [6.07, 6.45) is 5.13. The molecule has 3 aromatic carbocycles. The van der Waals surface area contributed by atoms with Gasteiger partial charge in [-0.05, 0) is 23.1 Å². The topological polar surface area (TPSA) is 27.7 Å². The molecule has 0 amide bonds. The van der Waals surface area contributed by atoms with Crippen molar-refractivity contribution in [2.45, 2.75) is 38.4 Å². The van der Waals surface area contributed by atoms with E-state index in [2.05, 4.69) is 48.6 Å². The first-order valence-corrected chi connectivity index (χ1v) is 11.0. The molecule has 0 heterocycles. The van der Waals surface area contributed by atoms with E-state index in [1.54, 1.807) is 0 Å². The predicted molar refractivity (Wildman–Crippen MR) is 123 cm³/mol. The van der Waals surface area contributed by atoms with Crippen LogP contribution >= 0.6 is 0 Å². The van der Waals surface area contributed by atoms with E-state index in [1.807, 2.05) is 54.6 Å². The molecule has 0 bridgehead atoms. The Bertz CT molecular complexity index is 909. The zero-order valence-electron chi connectivity index (χ0n) is 17.8. The van der Waals surface area contributed by atoms with E-state index >= 15 is 0 Å². The molecule has 31 heavy (non-hydrogen) atoms. The van der Waals surface area contributed by atoms with Crippen LogP contribution in [0, 0.1) is 5.92 Å². The molecule has 4 rings (SSSR count). The maximum atomic E-state index is 6.43. The van der Waals surface area contributed by atoms with Crippen molar-refractivity contribution in [1.29, 1.82) is 0 Å².